The van der Waals surface area contributed by atoms with Crippen molar-refractivity contribution in [3.63, 3.8) is 0 Å². The molecule has 0 heterocycles. The first kappa shape index (κ1) is 19.4. The summed E-state index contributed by atoms with van der Waals surface area (Å²) in [6, 6.07) is 0. The number of halogens is 1. The summed E-state index contributed by atoms with van der Waals surface area (Å²) in [6.07, 6.45) is 9.27. The molecular weight excluding hydrogens is 392 g/mol. The summed E-state index contributed by atoms with van der Waals surface area (Å²) in [7, 11) is 1.66. The molecule has 0 aromatic rings. The molecule has 9 atom stereocenters. The number of rotatable bonds is 3. The zero-order chi connectivity index (χ0) is 18.7. The minimum absolute atomic E-state index is 0.215. The van der Waals surface area contributed by atoms with Crippen LogP contribution in [0.15, 0.2) is 0 Å². The maximum atomic E-state index is 12.5. The third-order valence-electron chi connectivity index (χ3n) is 9.34. The lowest BCUT2D eigenvalue weighted by atomic mass is 9.48. The first-order valence-corrected chi connectivity index (χ1v) is 11.8. The van der Waals surface area contributed by atoms with Gasteiger partial charge in [-0.15, -0.1) is 0 Å². The number of methoxy groups -OCH3 is 1. The maximum absolute atomic E-state index is 12.5. The van der Waals surface area contributed by atoms with Crippen LogP contribution in [-0.4, -0.2) is 29.1 Å². The van der Waals surface area contributed by atoms with Crippen molar-refractivity contribution in [3.8, 4) is 0 Å². The molecule has 0 aromatic heterocycles. The fourth-order valence-electron chi connectivity index (χ4n) is 7.93. The Kier molecular flexibility index (Phi) is 5.10. The molecule has 0 bridgehead atoms. The fraction of sp³-hybridized carbons (Fsp3) is 0.955. The Labute approximate surface area is 166 Å². The van der Waals surface area contributed by atoms with Gasteiger partial charge in [-0.3, -0.25) is 4.79 Å². The van der Waals surface area contributed by atoms with Gasteiger partial charge in [0.1, 0.15) is 5.78 Å². The largest absolute Gasteiger partial charge is 0.365 e. The number of alkyl halides is 1. The Balaban J connectivity index is 1.54. The average Bonchev–Trinajstić information content (AvgIpc) is 2.99. The summed E-state index contributed by atoms with van der Waals surface area (Å²) in [5.41, 5.74) is 0.229. The van der Waals surface area contributed by atoms with Crippen LogP contribution in [0.25, 0.3) is 0 Å². The zero-order valence-corrected chi connectivity index (χ0v) is 18.1. The first-order valence-electron chi connectivity index (χ1n) is 10.7. The lowest BCUT2D eigenvalue weighted by molar-refractivity contribution is -0.259. The van der Waals surface area contributed by atoms with Crippen molar-refractivity contribution in [3.05, 3.63) is 0 Å². The summed E-state index contributed by atoms with van der Waals surface area (Å²) in [6.45, 7) is 4.59. The molecule has 4 fully saturated rings. The van der Waals surface area contributed by atoms with E-state index in [-0.39, 0.29) is 17.3 Å². The van der Waals surface area contributed by atoms with Crippen LogP contribution in [0.2, 0.25) is 0 Å². The third-order valence-corrected chi connectivity index (χ3v) is 9.90. The molecule has 0 radical (unpaired) electrons. The molecule has 0 amide bonds. The molecule has 4 heteroatoms. The van der Waals surface area contributed by atoms with E-state index < -0.39 is 5.79 Å². The molecule has 0 aliphatic heterocycles. The Morgan fingerprint density at radius 2 is 1.92 bits per heavy atom. The molecule has 0 saturated heterocycles. The predicted octanol–water partition coefficient (Wildman–Crippen LogP) is 4.80. The highest BCUT2D eigenvalue weighted by Gasteiger charge is 2.59. The highest BCUT2D eigenvalue weighted by molar-refractivity contribution is 9.09. The number of Topliss-reactive ketones (excluding diaryl/α,β-unsaturated/α-hetero) is 1. The van der Waals surface area contributed by atoms with Gasteiger partial charge in [0.15, 0.2) is 5.79 Å². The monoisotopic (exact) mass is 426 g/mol. The Hall–Kier alpha value is 0.0700. The van der Waals surface area contributed by atoms with Crippen molar-refractivity contribution >= 4 is 21.7 Å². The van der Waals surface area contributed by atoms with Gasteiger partial charge in [-0.05, 0) is 80.0 Å². The normalized spacial score (nSPS) is 53.5. The number of ketones is 1. The molecule has 1 N–H and O–H groups in total. The Morgan fingerprint density at radius 1 is 1.15 bits per heavy atom. The second kappa shape index (κ2) is 6.84. The van der Waals surface area contributed by atoms with Gasteiger partial charge < -0.3 is 9.84 Å². The van der Waals surface area contributed by atoms with Crippen LogP contribution in [0.4, 0.5) is 0 Å². The molecule has 4 aliphatic rings. The molecule has 0 spiro atoms. The minimum Gasteiger partial charge on any atom is -0.365 e. The van der Waals surface area contributed by atoms with Crippen LogP contribution in [0.3, 0.4) is 0 Å². The van der Waals surface area contributed by atoms with Crippen LogP contribution in [0.5, 0.6) is 0 Å². The van der Waals surface area contributed by atoms with E-state index in [4.69, 9.17) is 4.74 Å². The number of hydrogen-bond acceptors (Lipinski definition) is 3. The number of carbonyl (C=O) groups is 1. The van der Waals surface area contributed by atoms with Gasteiger partial charge >= 0.3 is 0 Å². The minimum atomic E-state index is -0.919. The van der Waals surface area contributed by atoms with Crippen LogP contribution in [0, 0.1) is 46.8 Å². The summed E-state index contributed by atoms with van der Waals surface area (Å²) < 4.78 is 5.53. The summed E-state index contributed by atoms with van der Waals surface area (Å²) in [5.74, 6) is 3.68. The van der Waals surface area contributed by atoms with Crippen LogP contribution in [-0.2, 0) is 9.53 Å². The topological polar surface area (TPSA) is 46.5 Å². The highest BCUT2D eigenvalue weighted by atomic mass is 79.9. The van der Waals surface area contributed by atoms with E-state index in [1.165, 1.54) is 32.1 Å². The first-order chi connectivity index (χ1) is 12.3. The van der Waals surface area contributed by atoms with Crippen molar-refractivity contribution < 1.29 is 14.6 Å². The smallest absolute Gasteiger partial charge is 0.167 e. The van der Waals surface area contributed by atoms with Crippen LogP contribution < -0.4 is 0 Å². The molecule has 4 rings (SSSR count). The van der Waals surface area contributed by atoms with Gasteiger partial charge in [0.25, 0.3) is 0 Å². The van der Waals surface area contributed by atoms with Gasteiger partial charge in [-0.2, -0.15) is 0 Å². The fourth-order valence-corrected chi connectivity index (χ4v) is 8.32. The van der Waals surface area contributed by atoms with Gasteiger partial charge in [0, 0.05) is 25.4 Å². The lowest BCUT2D eigenvalue weighted by Gasteiger charge is -2.58. The predicted molar refractivity (Wildman–Crippen MR) is 106 cm³/mol. The standard InChI is InChI=1S/C22H35BrO3/c1-13-10-17-14(11-22(13,25)26-3)4-5-16-15(17)8-9-21(2)18(16)6-7-19(21)20(24)12-23/h13-19,25H,4-12H2,1-3H3/t13-,14+,15+,16-,17+,18+,19-,21+,22-/m1/s1. The van der Waals surface area contributed by atoms with E-state index in [1.807, 2.05) is 0 Å². The maximum Gasteiger partial charge on any atom is 0.167 e. The van der Waals surface area contributed by atoms with E-state index in [0.29, 0.717) is 17.0 Å². The van der Waals surface area contributed by atoms with Gasteiger partial charge in [0.2, 0.25) is 0 Å². The van der Waals surface area contributed by atoms with Gasteiger partial charge in [-0.25, -0.2) is 0 Å². The molecule has 148 valence electrons. The molecule has 0 unspecified atom stereocenters. The van der Waals surface area contributed by atoms with E-state index in [0.717, 1.165) is 42.9 Å². The molecule has 3 nitrogen and oxygen atoms in total. The molecule has 4 aliphatic carbocycles. The molecular formula is C22H35BrO3. The van der Waals surface area contributed by atoms with Crippen molar-refractivity contribution in [2.24, 2.45) is 46.8 Å². The third kappa shape index (κ3) is 2.76. The molecule has 4 saturated carbocycles. The SMILES string of the molecule is CO[C@]1(O)C[C@@H]2CC[C@@H]3[C@H](CC[C@]4(C)[C@@H](C(=O)CBr)CC[C@@H]34)[C@H]2C[C@H]1C. The summed E-state index contributed by atoms with van der Waals surface area (Å²) in [5, 5.41) is 11.4. The van der Waals surface area contributed by atoms with Gasteiger partial charge in [-0.1, -0.05) is 29.8 Å². The number of ether oxygens (including phenoxy) is 1. The summed E-state index contributed by atoms with van der Waals surface area (Å²) in [4.78, 5) is 12.5. The van der Waals surface area contributed by atoms with Crippen molar-refractivity contribution in [1.29, 1.82) is 0 Å². The van der Waals surface area contributed by atoms with Crippen LogP contribution >= 0.6 is 15.9 Å². The second-order valence-electron chi connectivity index (χ2n) is 10.1. The van der Waals surface area contributed by atoms with Gasteiger partial charge in [0.05, 0.1) is 5.33 Å². The second-order valence-corrected chi connectivity index (χ2v) is 10.7. The van der Waals surface area contributed by atoms with Crippen molar-refractivity contribution in [2.75, 3.05) is 12.4 Å². The Bertz CT molecular complexity index is 566. The highest BCUT2D eigenvalue weighted by Crippen LogP contribution is 2.65. The molecule has 0 aromatic carbocycles. The van der Waals surface area contributed by atoms with E-state index in [1.54, 1.807) is 7.11 Å². The number of hydrogen-bond donors (Lipinski definition) is 1. The molecule has 26 heavy (non-hydrogen) atoms. The number of aliphatic hydroxyl groups is 1. The summed E-state index contributed by atoms with van der Waals surface area (Å²) >= 11 is 3.42. The average molecular weight is 427 g/mol. The van der Waals surface area contributed by atoms with E-state index >= 15 is 0 Å². The van der Waals surface area contributed by atoms with Crippen molar-refractivity contribution in [2.45, 2.75) is 71.0 Å². The quantitative estimate of drug-likeness (QED) is 0.520. The lowest BCUT2D eigenvalue weighted by Crippen LogP contribution is -2.54. The zero-order valence-electron chi connectivity index (χ0n) is 16.5. The van der Waals surface area contributed by atoms with Crippen molar-refractivity contribution in [1.82, 2.24) is 0 Å². The number of fused-ring (bicyclic) bond motifs is 5. The van der Waals surface area contributed by atoms with E-state index in [2.05, 4.69) is 29.8 Å². The van der Waals surface area contributed by atoms with E-state index in [9.17, 15) is 9.90 Å². The van der Waals surface area contributed by atoms with Crippen LogP contribution in [0.1, 0.15) is 65.2 Å². The Morgan fingerprint density at radius 3 is 2.62 bits per heavy atom. The number of carbonyl (C=O) groups excluding carboxylic acids is 1.